The average Bonchev–Trinajstić information content (AvgIpc) is 3.03. The first-order chi connectivity index (χ1) is 20.3. The quantitative estimate of drug-likeness (QED) is 0.208. The standard InChI is InChI=1S/C37H27BO3/c1-4-12-27(13-5-1)28-22-24-33(25-23-28)39-38-40-36-31(18-10-20-34(36)29-14-6-2-7-15-29)26-32-19-11-21-35(37(32)41-38)30-16-8-3-9-17-30/h1-25H,26H2. The number of para-hydroxylation sites is 2. The molecule has 1 heterocycles. The predicted molar refractivity (Wildman–Crippen MR) is 166 cm³/mol. The topological polar surface area (TPSA) is 27.7 Å². The Morgan fingerprint density at radius 2 is 0.854 bits per heavy atom. The second-order valence-electron chi connectivity index (χ2n) is 10.0. The fourth-order valence-corrected chi connectivity index (χ4v) is 5.35. The Morgan fingerprint density at radius 3 is 1.34 bits per heavy atom. The van der Waals surface area contributed by atoms with Gasteiger partial charge < -0.3 is 14.0 Å². The maximum atomic E-state index is 6.64. The van der Waals surface area contributed by atoms with Gasteiger partial charge in [-0.05, 0) is 45.5 Å². The number of hydrogen-bond acceptors (Lipinski definition) is 3. The second kappa shape index (κ2) is 11.1. The van der Waals surface area contributed by atoms with Crippen molar-refractivity contribution in [2.24, 2.45) is 0 Å². The lowest BCUT2D eigenvalue weighted by molar-refractivity contribution is 0.303. The maximum absolute atomic E-state index is 6.64. The molecule has 0 aromatic heterocycles. The van der Waals surface area contributed by atoms with Crippen molar-refractivity contribution >= 4 is 7.32 Å². The normalized spacial score (nSPS) is 12.1. The van der Waals surface area contributed by atoms with E-state index in [-0.39, 0.29) is 0 Å². The molecule has 4 heteroatoms. The fourth-order valence-electron chi connectivity index (χ4n) is 5.35. The molecule has 0 aliphatic carbocycles. The van der Waals surface area contributed by atoms with Crippen LogP contribution in [0.2, 0.25) is 0 Å². The van der Waals surface area contributed by atoms with Crippen molar-refractivity contribution in [3.63, 3.8) is 0 Å². The van der Waals surface area contributed by atoms with E-state index < -0.39 is 7.32 Å². The summed E-state index contributed by atoms with van der Waals surface area (Å²) in [7, 11) is -1.01. The Morgan fingerprint density at radius 1 is 0.415 bits per heavy atom. The molecule has 0 saturated heterocycles. The van der Waals surface area contributed by atoms with Crippen LogP contribution in [0.4, 0.5) is 0 Å². The minimum absolute atomic E-state index is 0.660. The highest BCUT2D eigenvalue weighted by Gasteiger charge is 2.36. The third-order valence-electron chi connectivity index (χ3n) is 7.37. The fraction of sp³-hybridized carbons (Fsp3) is 0.0270. The predicted octanol–water partition coefficient (Wildman–Crippen LogP) is 9.11. The van der Waals surface area contributed by atoms with Crippen LogP contribution in [0.1, 0.15) is 11.1 Å². The first-order valence-electron chi connectivity index (χ1n) is 13.8. The molecule has 0 bridgehead atoms. The van der Waals surface area contributed by atoms with Gasteiger partial charge in [-0.15, -0.1) is 0 Å². The minimum atomic E-state index is -1.01. The third kappa shape index (κ3) is 5.20. The van der Waals surface area contributed by atoms with E-state index in [2.05, 4.69) is 84.9 Å². The van der Waals surface area contributed by atoms with Gasteiger partial charge in [0.05, 0.1) is 0 Å². The molecule has 0 spiro atoms. The van der Waals surface area contributed by atoms with Gasteiger partial charge in [-0.1, -0.05) is 140 Å². The molecule has 196 valence electrons. The zero-order valence-corrected chi connectivity index (χ0v) is 22.4. The highest BCUT2D eigenvalue weighted by Crippen LogP contribution is 2.41. The molecule has 1 aliphatic rings. The van der Waals surface area contributed by atoms with Crippen molar-refractivity contribution in [3.8, 4) is 50.6 Å². The summed E-state index contributed by atoms with van der Waals surface area (Å²) in [4.78, 5) is 0. The number of benzene rings is 6. The van der Waals surface area contributed by atoms with E-state index in [0.29, 0.717) is 12.2 Å². The van der Waals surface area contributed by atoms with Gasteiger partial charge in [-0.25, -0.2) is 0 Å². The molecule has 3 nitrogen and oxygen atoms in total. The lowest BCUT2D eigenvalue weighted by Crippen LogP contribution is -2.38. The SMILES string of the molecule is c1ccc(-c2ccc(OB3Oc4c(cccc4-c4ccccc4)Cc4cccc(-c5ccccc5)c4O3)cc2)cc1. The molecule has 0 atom stereocenters. The van der Waals surface area contributed by atoms with Crippen LogP contribution in [0.25, 0.3) is 33.4 Å². The Bertz CT molecular complexity index is 1680. The molecule has 0 fully saturated rings. The molecule has 1 aliphatic heterocycles. The van der Waals surface area contributed by atoms with Crippen molar-refractivity contribution in [2.45, 2.75) is 6.42 Å². The van der Waals surface area contributed by atoms with Gasteiger partial charge in [0.1, 0.15) is 17.2 Å². The van der Waals surface area contributed by atoms with E-state index in [9.17, 15) is 0 Å². The third-order valence-corrected chi connectivity index (χ3v) is 7.37. The summed E-state index contributed by atoms with van der Waals surface area (Å²) in [6.07, 6.45) is 0.671. The number of rotatable bonds is 5. The lowest BCUT2D eigenvalue weighted by Gasteiger charge is -2.26. The summed E-state index contributed by atoms with van der Waals surface area (Å²) in [5.41, 5.74) is 8.59. The van der Waals surface area contributed by atoms with Gasteiger partial charge in [-0.2, -0.15) is 0 Å². The van der Waals surface area contributed by atoms with Gasteiger partial charge in [-0.3, -0.25) is 0 Å². The Hall–Kier alpha value is -5.22. The molecule has 0 unspecified atom stereocenters. The van der Waals surface area contributed by atoms with E-state index >= 15 is 0 Å². The highest BCUT2D eigenvalue weighted by atomic mass is 16.7. The van der Waals surface area contributed by atoms with Crippen LogP contribution in [-0.4, -0.2) is 7.32 Å². The first kappa shape index (κ1) is 24.8. The van der Waals surface area contributed by atoms with E-state index in [4.69, 9.17) is 14.0 Å². The zero-order valence-electron chi connectivity index (χ0n) is 22.4. The van der Waals surface area contributed by atoms with E-state index in [1.807, 2.05) is 66.7 Å². The zero-order chi connectivity index (χ0) is 27.4. The molecule has 6 aromatic carbocycles. The van der Waals surface area contributed by atoms with Crippen molar-refractivity contribution < 1.29 is 14.0 Å². The minimum Gasteiger partial charge on any atom is -0.490 e. The van der Waals surface area contributed by atoms with Crippen molar-refractivity contribution in [2.75, 3.05) is 0 Å². The van der Waals surface area contributed by atoms with Crippen LogP contribution in [-0.2, 0) is 6.42 Å². The van der Waals surface area contributed by atoms with Crippen LogP contribution in [0.3, 0.4) is 0 Å². The maximum Gasteiger partial charge on any atom is 0.864 e. The van der Waals surface area contributed by atoms with E-state index in [1.165, 1.54) is 0 Å². The van der Waals surface area contributed by atoms with Crippen LogP contribution >= 0.6 is 0 Å². The smallest absolute Gasteiger partial charge is 0.490 e. The van der Waals surface area contributed by atoms with Gasteiger partial charge in [0, 0.05) is 17.5 Å². The van der Waals surface area contributed by atoms with Gasteiger partial charge in [0.2, 0.25) is 0 Å². The van der Waals surface area contributed by atoms with Crippen molar-refractivity contribution in [1.29, 1.82) is 0 Å². The summed E-state index contributed by atoms with van der Waals surface area (Å²) in [6, 6.07) is 51.5. The monoisotopic (exact) mass is 530 g/mol. The molecular weight excluding hydrogens is 503 g/mol. The van der Waals surface area contributed by atoms with Crippen LogP contribution in [0.15, 0.2) is 152 Å². The summed E-state index contributed by atoms with van der Waals surface area (Å²) < 4.78 is 19.7. The average molecular weight is 530 g/mol. The van der Waals surface area contributed by atoms with E-state index in [1.54, 1.807) is 0 Å². The Labute approximate surface area is 240 Å². The Balaban J connectivity index is 1.31. The molecule has 41 heavy (non-hydrogen) atoms. The summed E-state index contributed by atoms with van der Waals surface area (Å²) in [5, 5.41) is 0. The summed E-state index contributed by atoms with van der Waals surface area (Å²) >= 11 is 0. The number of hydrogen-bond donors (Lipinski definition) is 0. The summed E-state index contributed by atoms with van der Waals surface area (Å²) in [6.45, 7) is 0. The van der Waals surface area contributed by atoms with Crippen LogP contribution < -0.4 is 14.0 Å². The lowest BCUT2D eigenvalue weighted by atomic mass is 9.92. The molecule has 6 aromatic rings. The molecule has 0 amide bonds. The Kier molecular flexibility index (Phi) is 6.72. The van der Waals surface area contributed by atoms with Crippen LogP contribution in [0.5, 0.6) is 17.2 Å². The summed E-state index contributed by atoms with van der Waals surface area (Å²) in [5.74, 6) is 2.19. The molecule has 0 N–H and O–H groups in total. The van der Waals surface area contributed by atoms with Gasteiger partial charge >= 0.3 is 7.32 Å². The number of fused-ring (bicyclic) bond motifs is 2. The van der Waals surface area contributed by atoms with Crippen LogP contribution in [0, 0.1) is 0 Å². The molecule has 0 radical (unpaired) electrons. The molecular formula is C37H27BO3. The first-order valence-corrected chi connectivity index (χ1v) is 13.8. The highest BCUT2D eigenvalue weighted by molar-refractivity contribution is 6.40. The molecule has 7 rings (SSSR count). The molecule has 0 saturated carbocycles. The second-order valence-corrected chi connectivity index (χ2v) is 10.0. The van der Waals surface area contributed by atoms with Crippen molar-refractivity contribution in [3.05, 3.63) is 163 Å². The van der Waals surface area contributed by atoms with E-state index in [0.717, 1.165) is 56.0 Å². The van der Waals surface area contributed by atoms with Gasteiger partial charge in [0.25, 0.3) is 0 Å². The van der Waals surface area contributed by atoms with Crippen molar-refractivity contribution in [1.82, 2.24) is 0 Å². The van der Waals surface area contributed by atoms with Gasteiger partial charge in [0.15, 0.2) is 0 Å². The largest absolute Gasteiger partial charge is 0.864 e.